The number of quaternary nitrogens is 2. The number of carbonyl (C=O) groups is 1. The molecule has 0 saturated carbocycles. The highest BCUT2D eigenvalue weighted by molar-refractivity contribution is 6.30. The third kappa shape index (κ3) is 5.56. The van der Waals surface area contributed by atoms with Crippen LogP contribution >= 0.6 is 11.6 Å². The Labute approximate surface area is 154 Å². The van der Waals surface area contributed by atoms with Crippen molar-refractivity contribution in [2.24, 2.45) is 0 Å². The van der Waals surface area contributed by atoms with Gasteiger partial charge in [-0.25, -0.2) is 0 Å². The van der Waals surface area contributed by atoms with Crippen LogP contribution in [0, 0.1) is 6.92 Å². The first-order valence-electron chi connectivity index (χ1n) is 8.86. The molecule has 3 N–H and O–H groups in total. The summed E-state index contributed by atoms with van der Waals surface area (Å²) < 4.78 is 0. The summed E-state index contributed by atoms with van der Waals surface area (Å²) in [5, 5.41) is 3.79. The van der Waals surface area contributed by atoms with Crippen molar-refractivity contribution >= 4 is 23.2 Å². The standard InChI is InChI=1S/C20H24ClN3O/c1-16-3-2-4-19(13-16)22-20(25)15-24-11-9-23(10-12-24)14-17-5-7-18(21)8-6-17/h2-8,13H,9-12,14-15H2,1H3,(H,22,25)/p+2. The fraction of sp³-hybridized carbons (Fsp3) is 0.350. The molecule has 0 spiro atoms. The van der Waals surface area contributed by atoms with E-state index in [0.717, 1.165) is 49.0 Å². The molecule has 0 atom stereocenters. The average molecular weight is 360 g/mol. The number of nitrogens with one attached hydrogen (secondary N) is 3. The van der Waals surface area contributed by atoms with Crippen LogP contribution < -0.4 is 15.1 Å². The average Bonchev–Trinajstić information content (AvgIpc) is 2.59. The molecule has 4 nitrogen and oxygen atoms in total. The molecule has 5 heteroatoms. The van der Waals surface area contributed by atoms with Crippen LogP contribution in [0.2, 0.25) is 5.02 Å². The van der Waals surface area contributed by atoms with E-state index in [0.29, 0.717) is 6.54 Å². The lowest BCUT2D eigenvalue weighted by Crippen LogP contribution is -3.28. The Morgan fingerprint density at radius 3 is 2.40 bits per heavy atom. The van der Waals surface area contributed by atoms with Gasteiger partial charge in [0.15, 0.2) is 6.54 Å². The fourth-order valence-electron chi connectivity index (χ4n) is 3.36. The minimum Gasteiger partial charge on any atom is -0.322 e. The van der Waals surface area contributed by atoms with Gasteiger partial charge in [-0.05, 0) is 36.8 Å². The summed E-state index contributed by atoms with van der Waals surface area (Å²) >= 11 is 5.94. The zero-order valence-corrected chi connectivity index (χ0v) is 15.4. The number of hydrogen-bond donors (Lipinski definition) is 3. The Balaban J connectivity index is 1.42. The van der Waals surface area contributed by atoms with Gasteiger partial charge in [-0.1, -0.05) is 35.9 Å². The number of piperazine rings is 1. The van der Waals surface area contributed by atoms with Crippen LogP contribution in [0.25, 0.3) is 0 Å². The molecule has 0 bridgehead atoms. The fourth-order valence-corrected chi connectivity index (χ4v) is 3.48. The summed E-state index contributed by atoms with van der Waals surface area (Å²) in [6.07, 6.45) is 0. The van der Waals surface area contributed by atoms with Crippen LogP contribution in [0.3, 0.4) is 0 Å². The van der Waals surface area contributed by atoms with E-state index in [2.05, 4.69) is 17.4 Å². The molecule has 2 aromatic rings. The van der Waals surface area contributed by atoms with Crippen molar-refractivity contribution in [2.75, 3.05) is 38.0 Å². The van der Waals surface area contributed by atoms with Gasteiger partial charge in [-0.15, -0.1) is 0 Å². The van der Waals surface area contributed by atoms with Crippen molar-refractivity contribution < 1.29 is 14.6 Å². The van der Waals surface area contributed by atoms with Gasteiger partial charge in [-0.2, -0.15) is 0 Å². The highest BCUT2D eigenvalue weighted by atomic mass is 35.5. The topological polar surface area (TPSA) is 38.0 Å². The van der Waals surface area contributed by atoms with Crippen molar-refractivity contribution in [1.29, 1.82) is 0 Å². The number of benzene rings is 2. The van der Waals surface area contributed by atoms with E-state index in [1.165, 1.54) is 10.5 Å². The van der Waals surface area contributed by atoms with E-state index in [1.807, 2.05) is 43.3 Å². The van der Waals surface area contributed by atoms with Gasteiger partial charge in [0.2, 0.25) is 0 Å². The highest BCUT2D eigenvalue weighted by Crippen LogP contribution is 2.09. The molecule has 1 saturated heterocycles. The predicted octanol–water partition coefficient (Wildman–Crippen LogP) is 0.571. The molecule has 2 aromatic carbocycles. The molecule has 1 aliphatic rings. The first-order valence-corrected chi connectivity index (χ1v) is 9.24. The molecule has 1 fully saturated rings. The molecular weight excluding hydrogens is 334 g/mol. The van der Waals surface area contributed by atoms with Gasteiger partial charge in [0.25, 0.3) is 5.91 Å². The Bertz CT molecular complexity index is 709. The van der Waals surface area contributed by atoms with E-state index in [1.54, 1.807) is 4.90 Å². The lowest BCUT2D eigenvalue weighted by molar-refractivity contribution is -1.02. The maximum Gasteiger partial charge on any atom is 0.279 e. The molecule has 1 aliphatic heterocycles. The number of halogens is 1. The van der Waals surface area contributed by atoms with Crippen molar-refractivity contribution in [3.05, 3.63) is 64.7 Å². The Morgan fingerprint density at radius 1 is 1.04 bits per heavy atom. The second-order valence-corrected chi connectivity index (χ2v) is 7.33. The SMILES string of the molecule is Cc1cccc(NC(=O)C[NH+]2CC[NH+](Cc3ccc(Cl)cc3)CC2)c1. The van der Waals surface area contributed by atoms with Crippen LogP contribution in [0.15, 0.2) is 48.5 Å². The third-order valence-electron chi connectivity index (χ3n) is 4.74. The van der Waals surface area contributed by atoms with Crippen LogP contribution in [0.1, 0.15) is 11.1 Å². The maximum atomic E-state index is 12.2. The minimum atomic E-state index is 0.0988. The first-order chi connectivity index (χ1) is 12.1. The van der Waals surface area contributed by atoms with E-state index in [9.17, 15) is 4.79 Å². The molecule has 0 unspecified atom stereocenters. The third-order valence-corrected chi connectivity index (χ3v) is 5.00. The molecular formula is C20H26ClN3O+2. The molecule has 3 rings (SSSR count). The predicted molar refractivity (Wildman–Crippen MR) is 101 cm³/mol. The van der Waals surface area contributed by atoms with Gasteiger partial charge < -0.3 is 15.1 Å². The van der Waals surface area contributed by atoms with Crippen molar-refractivity contribution in [3.8, 4) is 0 Å². The molecule has 0 radical (unpaired) electrons. The van der Waals surface area contributed by atoms with Crippen LogP contribution in [0.5, 0.6) is 0 Å². The van der Waals surface area contributed by atoms with E-state index >= 15 is 0 Å². The molecule has 132 valence electrons. The number of carbonyl (C=O) groups excluding carboxylic acids is 1. The molecule has 0 aliphatic carbocycles. The zero-order chi connectivity index (χ0) is 17.6. The Kier molecular flexibility index (Phi) is 6.08. The highest BCUT2D eigenvalue weighted by Gasteiger charge is 2.24. The normalized spacial score (nSPS) is 20.2. The number of anilines is 1. The number of amides is 1. The number of hydrogen-bond acceptors (Lipinski definition) is 1. The van der Waals surface area contributed by atoms with Crippen molar-refractivity contribution in [3.63, 3.8) is 0 Å². The summed E-state index contributed by atoms with van der Waals surface area (Å²) in [6, 6.07) is 16.0. The smallest absolute Gasteiger partial charge is 0.279 e. The van der Waals surface area contributed by atoms with Gasteiger partial charge >= 0.3 is 0 Å². The quantitative estimate of drug-likeness (QED) is 0.717. The Hall–Kier alpha value is -1.88. The lowest BCUT2D eigenvalue weighted by Gasteiger charge is -2.29. The summed E-state index contributed by atoms with van der Waals surface area (Å²) in [5.74, 6) is 0.0988. The van der Waals surface area contributed by atoms with E-state index in [4.69, 9.17) is 11.6 Å². The van der Waals surface area contributed by atoms with E-state index < -0.39 is 0 Å². The summed E-state index contributed by atoms with van der Waals surface area (Å²) in [5.41, 5.74) is 3.36. The first kappa shape index (κ1) is 17.9. The number of aryl methyl sites for hydroxylation is 1. The van der Waals surface area contributed by atoms with Crippen molar-refractivity contribution in [2.45, 2.75) is 13.5 Å². The van der Waals surface area contributed by atoms with Gasteiger partial charge in [-0.3, -0.25) is 4.79 Å². The molecule has 1 amide bonds. The number of rotatable bonds is 5. The second kappa shape index (κ2) is 8.48. The Morgan fingerprint density at radius 2 is 1.72 bits per heavy atom. The second-order valence-electron chi connectivity index (χ2n) is 6.90. The molecule has 1 heterocycles. The maximum absolute atomic E-state index is 12.2. The van der Waals surface area contributed by atoms with Crippen LogP contribution in [-0.2, 0) is 11.3 Å². The summed E-state index contributed by atoms with van der Waals surface area (Å²) in [4.78, 5) is 15.2. The zero-order valence-electron chi connectivity index (χ0n) is 14.6. The van der Waals surface area contributed by atoms with E-state index in [-0.39, 0.29) is 5.91 Å². The lowest BCUT2D eigenvalue weighted by atomic mass is 10.2. The van der Waals surface area contributed by atoms with Crippen LogP contribution in [0.4, 0.5) is 5.69 Å². The van der Waals surface area contributed by atoms with Crippen molar-refractivity contribution in [1.82, 2.24) is 0 Å². The summed E-state index contributed by atoms with van der Waals surface area (Å²) in [7, 11) is 0. The van der Waals surface area contributed by atoms with Gasteiger partial charge in [0, 0.05) is 16.3 Å². The van der Waals surface area contributed by atoms with Crippen LogP contribution in [-0.4, -0.2) is 38.6 Å². The summed E-state index contributed by atoms with van der Waals surface area (Å²) in [6.45, 7) is 7.85. The molecule has 25 heavy (non-hydrogen) atoms. The monoisotopic (exact) mass is 359 g/mol. The molecule has 0 aromatic heterocycles. The largest absolute Gasteiger partial charge is 0.322 e. The van der Waals surface area contributed by atoms with Gasteiger partial charge in [0.05, 0.1) is 0 Å². The minimum absolute atomic E-state index is 0.0988. The van der Waals surface area contributed by atoms with Gasteiger partial charge in [0.1, 0.15) is 32.7 Å².